The number of benzene rings is 1. The van der Waals surface area contributed by atoms with Crippen LogP contribution in [0.3, 0.4) is 0 Å². The first-order valence-electron chi connectivity index (χ1n) is 10.1. The summed E-state index contributed by atoms with van der Waals surface area (Å²) in [6.07, 6.45) is -4.52. The normalized spacial score (nSPS) is 15.9. The molecule has 0 saturated carbocycles. The van der Waals surface area contributed by atoms with Gasteiger partial charge in [-0.05, 0) is 17.7 Å². The smallest absolute Gasteiger partial charge is 0.363 e. The van der Waals surface area contributed by atoms with Gasteiger partial charge in [0.2, 0.25) is 5.95 Å². The zero-order chi connectivity index (χ0) is 21.7. The Balaban J connectivity index is 1.59. The summed E-state index contributed by atoms with van der Waals surface area (Å²) in [6.45, 7) is 8.89. The molecular weight excluding hydrogens is 393 g/mol. The zero-order valence-corrected chi connectivity index (χ0v) is 17.7. The lowest BCUT2D eigenvalue weighted by atomic mass is 10.1. The van der Waals surface area contributed by atoms with Crippen molar-refractivity contribution < 1.29 is 13.2 Å². The number of hydrogen-bond acceptors (Lipinski definition) is 6. The van der Waals surface area contributed by atoms with Crippen LogP contribution in [0.2, 0.25) is 0 Å². The number of aromatic nitrogens is 2. The Morgan fingerprint density at radius 1 is 0.967 bits per heavy atom. The van der Waals surface area contributed by atoms with Crippen LogP contribution in [0.1, 0.15) is 23.7 Å². The molecule has 0 spiro atoms. The predicted octanol–water partition coefficient (Wildman–Crippen LogP) is 3.31. The summed E-state index contributed by atoms with van der Waals surface area (Å²) in [7, 11) is 3.29. The van der Waals surface area contributed by atoms with E-state index in [1.807, 2.05) is 12.1 Å². The molecule has 1 fully saturated rings. The number of alkyl halides is 3. The maximum atomic E-state index is 13.1. The van der Waals surface area contributed by atoms with Crippen molar-refractivity contribution in [2.24, 2.45) is 0 Å². The number of hydrogen-bond donors (Lipinski definition) is 1. The molecule has 6 nitrogen and oxygen atoms in total. The number of anilines is 2. The monoisotopic (exact) mass is 422 g/mol. The van der Waals surface area contributed by atoms with Crippen molar-refractivity contribution in [3.63, 3.8) is 0 Å². The molecule has 0 amide bonds. The van der Waals surface area contributed by atoms with Crippen LogP contribution in [-0.2, 0) is 19.3 Å². The van der Waals surface area contributed by atoms with E-state index >= 15 is 0 Å². The third-order valence-electron chi connectivity index (χ3n) is 5.25. The summed E-state index contributed by atoms with van der Waals surface area (Å²) < 4.78 is 39.3. The van der Waals surface area contributed by atoms with Crippen LogP contribution in [0.5, 0.6) is 0 Å². The van der Waals surface area contributed by atoms with Crippen LogP contribution >= 0.6 is 0 Å². The second-order valence-electron chi connectivity index (χ2n) is 7.71. The van der Waals surface area contributed by atoms with Crippen molar-refractivity contribution in [1.29, 1.82) is 0 Å². The van der Waals surface area contributed by atoms with Crippen LogP contribution < -0.4 is 10.2 Å². The standard InChI is InChI=1S/C21H29F3N6/c1-4-29-9-11-30(12-10-29)15-17-7-5-16(6-8-17)14-25-20-26-18(21(22,23)24)13-19(27-20)28(2)3/h5-8,13H,4,9-12,14-15H2,1-3H3,(H,25,26,27). The van der Waals surface area contributed by atoms with E-state index in [0.717, 1.165) is 50.9 Å². The van der Waals surface area contributed by atoms with Gasteiger partial charge in [0, 0.05) is 59.4 Å². The van der Waals surface area contributed by atoms with E-state index in [2.05, 4.69) is 44.1 Å². The van der Waals surface area contributed by atoms with Crippen molar-refractivity contribution in [2.75, 3.05) is 57.0 Å². The van der Waals surface area contributed by atoms with Gasteiger partial charge in [-0.25, -0.2) is 4.98 Å². The quantitative estimate of drug-likeness (QED) is 0.739. The first-order chi connectivity index (χ1) is 14.2. The number of rotatable bonds is 7. The Morgan fingerprint density at radius 3 is 2.13 bits per heavy atom. The van der Waals surface area contributed by atoms with E-state index in [-0.39, 0.29) is 11.8 Å². The lowest BCUT2D eigenvalue weighted by Gasteiger charge is -2.34. The van der Waals surface area contributed by atoms with E-state index in [4.69, 9.17) is 0 Å². The molecule has 1 N–H and O–H groups in total. The van der Waals surface area contributed by atoms with Gasteiger partial charge >= 0.3 is 6.18 Å². The Bertz CT molecular complexity index is 814. The molecule has 164 valence electrons. The number of halogens is 3. The largest absolute Gasteiger partial charge is 0.433 e. The Kier molecular flexibility index (Phi) is 7.14. The predicted molar refractivity (Wildman–Crippen MR) is 113 cm³/mol. The molecule has 2 aromatic rings. The summed E-state index contributed by atoms with van der Waals surface area (Å²) in [5.74, 6) is 0.171. The van der Waals surface area contributed by atoms with E-state index in [1.165, 1.54) is 10.5 Å². The van der Waals surface area contributed by atoms with Gasteiger partial charge in [-0.2, -0.15) is 18.2 Å². The molecule has 1 aromatic heterocycles. The third-order valence-corrected chi connectivity index (χ3v) is 5.25. The van der Waals surface area contributed by atoms with Crippen LogP contribution in [0.15, 0.2) is 30.3 Å². The summed E-state index contributed by atoms with van der Waals surface area (Å²) in [5, 5.41) is 2.92. The van der Waals surface area contributed by atoms with Crippen LogP contribution in [0.4, 0.5) is 24.9 Å². The van der Waals surface area contributed by atoms with Crippen molar-refractivity contribution in [1.82, 2.24) is 19.8 Å². The molecule has 0 atom stereocenters. The highest BCUT2D eigenvalue weighted by Crippen LogP contribution is 2.30. The van der Waals surface area contributed by atoms with E-state index in [9.17, 15) is 13.2 Å². The van der Waals surface area contributed by atoms with E-state index in [0.29, 0.717) is 6.54 Å². The van der Waals surface area contributed by atoms with Gasteiger partial charge in [-0.1, -0.05) is 31.2 Å². The van der Waals surface area contributed by atoms with E-state index < -0.39 is 11.9 Å². The second-order valence-corrected chi connectivity index (χ2v) is 7.71. The summed E-state index contributed by atoms with van der Waals surface area (Å²) >= 11 is 0. The van der Waals surface area contributed by atoms with Gasteiger partial charge in [-0.3, -0.25) is 4.90 Å². The van der Waals surface area contributed by atoms with Gasteiger partial charge in [0.25, 0.3) is 0 Å². The van der Waals surface area contributed by atoms with Crippen molar-refractivity contribution in [3.8, 4) is 0 Å². The molecule has 0 aliphatic carbocycles. The fourth-order valence-electron chi connectivity index (χ4n) is 3.35. The highest BCUT2D eigenvalue weighted by Gasteiger charge is 2.34. The Labute approximate surface area is 175 Å². The van der Waals surface area contributed by atoms with Gasteiger partial charge in [-0.15, -0.1) is 0 Å². The van der Waals surface area contributed by atoms with Crippen LogP contribution in [0, 0.1) is 0 Å². The number of likely N-dealkylation sites (N-methyl/N-ethyl adjacent to an activating group) is 1. The lowest BCUT2D eigenvalue weighted by Crippen LogP contribution is -2.45. The molecule has 1 aliphatic heterocycles. The third kappa shape index (κ3) is 6.06. The molecule has 2 heterocycles. The maximum absolute atomic E-state index is 13.1. The molecular formula is C21H29F3N6. The van der Waals surface area contributed by atoms with Gasteiger partial charge in [0.1, 0.15) is 5.82 Å². The molecule has 0 unspecified atom stereocenters. The van der Waals surface area contributed by atoms with Crippen molar-refractivity contribution in [2.45, 2.75) is 26.2 Å². The highest BCUT2D eigenvalue weighted by atomic mass is 19.4. The summed E-state index contributed by atoms with van der Waals surface area (Å²) in [5.41, 5.74) is 1.23. The first kappa shape index (κ1) is 22.3. The van der Waals surface area contributed by atoms with Crippen molar-refractivity contribution >= 4 is 11.8 Å². The molecule has 0 radical (unpaired) electrons. The molecule has 0 bridgehead atoms. The zero-order valence-electron chi connectivity index (χ0n) is 17.7. The van der Waals surface area contributed by atoms with Crippen molar-refractivity contribution in [3.05, 3.63) is 47.2 Å². The van der Waals surface area contributed by atoms with E-state index in [1.54, 1.807) is 14.1 Å². The average Bonchev–Trinajstić information content (AvgIpc) is 2.73. The molecule has 1 aliphatic rings. The van der Waals surface area contributed by atoms with Gasteiger partial charge < -0.3 is 15.1 Å². The minimum atomic E-state index is -4.52. The van der Waals surface area contributed by atoms with Crippen LogP contribution in [0.25, 0.3) is 0 Å². The Hall–Kier alpha value is -2.39. The minimum Gasteiger partial charge on any atom is -0.363 e. The fraction of sp³-hybridized carbons (Fsp3) is 0.524. The topological polar surface area (TPSA) is 47.5 Å². The molecule has 1 aromatic carbocycles. The first-order valence-corrected chi connectivity index (χ1v) is 10.1. The average molecular weight is 422 g/mol. The fourth-order valence-corrected chi connectivity index (χ4v) is 3.35. The summed E-state index contributed by atoms with van der Waals surface area (Å²) in [4.78, 5) is 14.2. The summed E-state index contributed by atoms with van der Waals surface area (Å²) in [6, 6.07) is 9.07. The number of piperazine rings is 1. The van der Waals surface area contributed by atoms with Gasteiger partial charge in [0.15, 0.2) is 5.69 Å². The molecule has 1 saturated heterocycles. The minimum absolute atomic E-state index is 0.0357. The molecule has 3 rings (SSSR count). The maximum Gasteiger partial charge on any atom is 0.433 e. The lowest BCUT2D eigenvalue weighted by molar-refractivity contribution is -0.141. The molecule has 30 heavy (non-hydrogen) atoms. The Morgan fingerprint density at radius 2 is 1.57 bits per heavy atom. The SMILES string of the molecule is CCN1CCN(Cc2ccc(CNc3nc(N(C)C)cc(C(F)(F)F)n3)cc2)CC1. The van der Waals surface area contributed by atoms with Gasteiger partial charge in [0.05, 0.1) is 0 Å². The molecule has 9 heteroatoms. The number of nitrogens with zero attached hydrogens (tertiary/aromatic N) is 5. The van der Waals surface area contributed by atoms with Crippen LogP contribution in [-0.4, -0.2) is 66.6 Å². The second kappa shape index (κ2) is 9.61. The number of nitrogens with one attached hydrogen (secondary N) is 1. The highest BCUT2D eigenvalue weighted by molar-refractivity contribution is 5.44.